The molecule has 0 atom stereocenters. The van der Waals surface area contributed by atoms with E-state index in [2.05, 4.69) is 6.07 Å². The summed E-state index contributed by atoms with van der Waals surface area (Å²) in [5.74, 6) is 2.34. The molecule has 0 saturated heterocycles. The number of imidazole rings is 1. The summed E-state index contributed by atoms with van der Waals surface area (Å²) in [6, 6.07) is 22.1. The zero-order valence-corrected chi connectivity index (χ0v) is 16.6. The van der Waals surface area contributed by atoms with Crippen LogP contribution >= 0.6 is 11.8 Å². The topological polar surface area (TPSA) is 48.7 Å². The Morgan fingerprint density at radius 2 is 1.86 bits per heavy atom. The standard InChI is InChI=1S/C22H21N3O2S/c1-3-27-22-21(17-9-5-4-6-10-17)23-19-12-13-20(24-25(19)22)28-15-16-8-7-11-18(14-16)26-2/h4-14H,3,15H2,1-2H3. The van der Waals surface area contributed by atoms with Gasteiger partial charge in [0.05, 0.1) is 13.7 Å². The fourth-order valence-electron chi connectivity index (χ4n) is 2.94. The lowest BCUT2D eigenvalue weighted by atomic mass is 10.2. The highest BCUT2D eigenvalue weighted by atomic mass is 32.2. The third-order valence-electron chi connectivity index (χ3n) is 4.26. The van der Waals surface area contributed by atoms with Gasteiger partial charge in [-0.2, -0.15) is 9.61 Å². The molecular formula is C22H21N3O2S. The number of ether oxygens (including phenoxy) is 2. The molecule has 0 unspecified atom stereocenters. The van der Waals surface area contributed by atoms with E-state index in [0.717, 1.165) is 33.4 Å². The van der Waals surface area contributed by atoms with Crippen LogP contribution in [0.5, 0.6) is 11.6 Å². The predicted molar refractivity (Wildman–Crippen MR) is 112 cm³/mol. The van der Waals surface area contributed by atoms with Crippen molar-refractivity contribution in [1.82, 2.24) is 14.6 Å². The van der Waals surface area contributed by atoms with Gasteiger partial charge in [0.2, 0.25) is 5.88 Å². The smallest absolute Gasteiger partial charge is 0.243 e. The summed E-state index contributed by atoms with van der Waals surface area (Å²) in [6.07, 6.45) is 0. The predicted octanol–water partition coefficient (Wildman–Crippen LogP) is 5.10. The Labute approximate surface area is 168 Å². The molecule has 2 aromatic heterocycles. The number of thioether (sulfide) groups is 1. The van der Waals surface area contributed by atoms with Crippen LogP contribution in [-0.4, -0.2) is 28.3 Å². The first kappa shape index (κ1) is 18.4. The molecule has 6 heteroatoms. The van der Waals surface area contributed by atoms with Crippen molar-refractivity contribution in [1.29, 1.82) is 0 Å². The van der Waals surface area contributed by atoms with E-state index >= 15 is 0 Å². The van der Waals surface area contributed by atoms with Gasteiger partial charge in [0.1, 0.15) is 16.5 Å². The lowest BCUT2D eigenvalue weighted by molar-refractivity contribution is 0.319. The minimum Gasteiger partial charge on any atom is -0.497 e. The lowest BCUT2D eigenvalue weighted by Gasteiger charge is -2.07. The first-order valence-electron chi connectivity index (χ1n) is 9.12. The van der Waals surface area contributed by atoms with Crippen molar-refractivity contribution >= 4 is 17.4 Å². The first-order valence-corrected chi connectivity index (χ1v) is 10.1. The van der Waals surface area contributed by atoms with E-state index in [1.54, 1.807) is 23.4 Å². The number of nitrogens with zero attached hydrogens (tertiary/aromatic N) is 3. The van der Waals surface area contributed by atoms with Crippen LogP contribution in [0, 0.1) is 0 Å². The van der Waals surface area contributed by atoms with Gasteiger partial charge < -0.3 is 9.47 Å². The summed E-state index contributed by atoms with van der Waals surface area (Å²) in [4.78, 5) is 4.73. The SMILES string of the molecule is CCOc1c(-c2ccccc2)nc2ccc(SCc3cccc(OC)c3)nn12. The van der Waals surface area contributed by atoms with Gasteiger partial charge in [0, 0.05) is 11.3 Å². The van der Waals surface area contributed by atoms with Gasteiger partial charge in [-0.05, 0) is 36.8 Å². The molecule has 28 heavy (non-hydrogen) atoms. The summed E-state index contributed by atoms with van der Waals surface area (Å²) in [5.41, 5.74) is 3.78. The normalized spacial score (nSPS) is 10.9. The molecule has 4 rings (SSSR count). The Bertz CT molecular complexity index is 1080. The number of rotatable bonds is 7. The van der Waals surface area contributed by atoms with Crippen LogP contribution in [0.2, 0.25) is 0 Å². The second-order valence-electron chi connectivity index (χ2n) is 6.15. The van der Waals surface area contributed by atoms with E-state index in [1.165, 1.54) is 5.56 Å². The molecule has 5 nitrogen and oxygen atoms in total. The van der Waals surface area contributed by atoms with E-state index in [4.69, 9.17) is 19.6 Å². The maximum atomic E-state index is 5.90. The minimum absolute atomic E-state index is 0.552. The van der Waals surface area contributed by atoms with E-state index in [9.17, 15) is 0 Å². The van der Waals surface area contributed by atoms with E-state index in [0.29, 0.717) is 12.5 Å². The number of benzene rings is 2. The molecule has 0 amide bonds. The largest absolute Gasteiger partial charge is 0.497 e. The molecule has 0 aliphatic heterocycles. The van der Waals surface area contributed by atoms with Crippen molar-refractivity contribution in [3.05, 3.63) is 72.3 Å². The molecule has 0 spiro atoms. The Balaban J connectivity index is 1.65. The van der Waals surface area contributed by atoms with Crippen LogP contribution in [0.4, 0.5) is 0 Å². The van der Waals surface area contributed by atoms with Gasteiger partial charge in [0.25, 0.3) is 0 Å². The van der Waals surface area contributed by atoms with Crippen LogP contribution in [0.3, 0.4) is 0 Å². The highest BCUT2D eigenvalue weighted by Crippen LogP contribution is 2.31. The third-order valence-corrected chi connectivity index (χ3v) is 5.25. The molecule has 0 saturated carbocycles. The Morgan fingerprint density at radius 1 is 1.00 bits per heavy atom. The fraction of sp³-hybridized carbons (Fsp3) is 0.182. The Hall–Kier alpha value is -2.99. The van der Waals surface area contributed by atoms with Crippen LogP contribution in [0.25, 0.3) is 16.9 Å². The molecule has 0 fully saturated rings. The zero-order valence-electron chi connectivity index (χ0n) is 15.8. The van der Waals surface area contributed by atoms with Gasteiger partial charge in [-0.25, -0.2) is 4.98 Å². The maximum absolute atomic E-state index is 5.90. The third kappa shape index (κ3) is 3.82. The van der Waals surface area contributed by atoms with Crippen molar-refractivity contribution in [3.63, 3.8) is 0 Å². The van der Waals surface area contributed by atoms with E-state index in [1.807, 2.05) is 67.6 Å². The highest BCUT2D eigenvalue weighted by Gasteiger charge is 2.16. The second-order valence-corrected chi connectivity index (χ2v) is 7.14. The molecule has 0 aliphatic carbocycles. The van der Waals surface area contributed by atoms with Crippen LogP contribution in [0.1, 0.15) is 12.5 Å². The van der Waals surface area contributed by atoms with Crippen molar-refractivity contribution in [2.75, 3.05) is 13.7 Å². The zero-order chi connectivity index (χ0) is 19.3. The fourth-order valence-corrected chi connectivity index (χ4v) is 3.74. The quantitative estimate of drug-likeness (QED) is 0.410. The monoisotopic (exact) mass is 391 g/mol. The van der Waals surface area contributed by atoms with Crippen LogP contribution in [0.15, 0.2) is 71.8 Å². The van der Waals surface area contributed by atoms with Crippen LogP contribution < -0.4 is 9.47 Å². The van der Waals surface area contributed by atoms with Crippen molar-refractivity contribution in [2.45, 2.75) is 17.7 Å². The first-order chi connectivity index (χ1) is 13.8. The summed E-state index contributed by atoms with van der Waals surface area (Å²) in [6.45, 7) is 2.52. The average Bonchev–Trinajstić information content (AvgIpc) is 3.11. The summed E-state index contributed by atoms with van der Waals surface area (Å²) in [7, 11) is 1.68. The molecule has 142 valence electrons. The molecular weight excluding hydrogens is 370 g/mol. The minimum atomic E-state index is 0.552. The number of hydrogen-bond donors (Lipinski definition) is 0. The van der Waals surface area contributed by atoms with E-state index in [-0.39, 0.29) is 0 Å². The van der Waals surface area contributed by atoms with E-state index < -0.39 is 0 Å². The highest BCUT2D eigenvalue weighted by molar-refractivity contribution is 7.98. The Morgan fingerprint density at radius 3 is 2.64 bits per heavy atom. The Kier molecular flexibility index (Phi) is 5.48. The lowest BCUT2D eigenvalue weighted by Crippen LogP contribution is -2.00. The van der Waals surface area contributed by atoms with Crippen molar-refractivity contribution < 1.29 is 9.47 Å². The number of aromatic nitrogens is 3. The summed E-state index contributed by atoms with van der Waals surface area (Å²) < 4.78 is 13.0. The number of fused-ring (bicyclic) bond motifs is 1. The maximum Gasteiger partial charge on any atom is 0.243 e. The molecule has 4 aromatic rings. The summed E-state index contributed by atoms with van der Waals surface area (Å²) in [5, 5.41) is 5.67. The van der Waals surface area contributed by atoms with Crippen LogP contribution in [-0.2, 0) is 5.75 Å². The van der Waals surface area contributed by atoms with Gasteiger partial charge in [-0.15, -0.1) is 0 Å². The molecule has 0 bridgehead atoms. The molecule has 2 heterocycles. The second kappa shape index (κ2) is 8.35. The molecule has 0 radical (unpaired) electrons. The van der Waals surface area contributed by atoms with Gasteiger partial charge in [-0.3, -0.25) is 0 Å². The summed E-state index contributed by atoms with van der Waals surface area (Å²) >= 11 is 1.67. The van der Waals surface area contributed by atoms with Gasteiger partial charge in [0.15, 0.2) is 5.65 Å². The molecule has 0 N–H and O–H groups in total. The molecule has 2 aromatic carbocycles. The van der Waals surface area contributed by atoms with Crippen molar-refractivity contribution in [3.8, 4) is 22.9 Å². The molecule has 0 aliphatic rings. The number of methoxy groups -OCH3 is 1. The van der Waals surface area contributed by atoms with Gasteiger partial charge in [-0.1, -0.05) is 54.2 Å². The average molecular weight is 391 g/mol. The van der Waals surface area contributed by atoms with Crippen molar-refractivity contribution in [2.24, 2.45) is 0 Å². The number of hydrogen-bond acceptors (Lipinski definition) is 5. The van der Waals surface area contributed by atoms with Gasteiger partial charge >= 0.3 is 0 Å².